The quantitative estimate of drug-likeness (QED) is 0.507. The van der Waals surface area contributed by atoms with Crippen LogP contribution < -0.4 is 16.6 Å². The Hall–Kier alpha value is -2.73. The Morgan fingerprint density at radius 3 is 2.38 bits per heavy atom. The number of aliphatic hydroxyl groups is 1. The first kappa shape index (κ1) is 25.5. The zero-order valence-corrected chi connectivity index (χ0v) is 19.1. The Morgan fingerprint density at radius 1 is 1.31 bits per heavy atom. The third-order valence-corrected chi connectivity index (χ3v) is 5.61. The number of hydrogen-bond acceptors (Lipinski definition) is 7. The Bertz CT molecular complexity index is 1020. The summed E-state index contributed by atoms with van der Waals surface area (Å²) >= 11 is 0. The predicted molar refractivity (Wildman–Crippen MR) is 110 cm³/mol. The molecule has 0 aromatic carbocycles. The molecule has 2 rings (SSSR count). The third-order valence-electron chi connectivity index (χ3n) is 5.61. The maximum Gasteiger partial charge on any atom is 0.408 e. The molecule has 1 aromatic heterocycles. The van der Waals surface area contributed by atoms with Gasteiger partial charge in [-0.3, -0.25) is 14.3 Å². The maximum atomic E-state index is 15.8. The number of nitrogens with zero attached hydrogens (tertiary/aromatic N) is 1. The number of halogens is 1. The van der Waals surface area contributed by atoms with Gasteiger partial charge in [0.25, 0.3) is 5.56 Å². The molecule has 4 N–H and O–H groups in total. The van der Waals surface area contributed by atoms with Gasteiger partial charge in [0.1, 0.15) is 16.7 Å². The molecule has 1 unspecified atom stereocenters. The Labute approximate surface area is 183 Å². The minimum absolute atomic E-state index is 0.106. The SMILES string of the molecule is Cc1cn([C@@H]2O[C@H](CC(C)(NC(=O)OC(C)(C)C)C(=O)O)[C@@](C)(O)[C@@]2(C)F)c(=O)[nH]c1=O. The number of aromatic nitrogens is 2. The molecule has 0 bridgehead atoms. The molecule has 5 atom stereocenters. The van der Waals surface area contributed by atoms with Crippen LogP contribution in [0, 0.1) is 6.92 Å². The van der Waals surface area contributed by atoms with E-state index in [1.165, 1.54) is 6.92 Å². The van der Waals surface area contributed by atoms with E-state index >= 15 is 4.39 Å². The van der Waals surface area contributed by atoms with Gasteiger partial charge in [-0.1, -0.05) is 0 Å². The molecule has 1 fully saturated rings. The first-order valence-corrected chi connectivity index (χ1v) is 9.95. The van der Waals surface area contributed by atoms with Crippen LogP contribution in [0.2, 0.25) is 0 Å². The number of alkyl halides is 1. The van der Waals surface area contributed by atoms with Crippen molar-refractivity contribution in [3.63, 3.8) is 0 Å². The number of rotatable bonds is 5. The summed E-state index contributed by atoms with van der Waals surface area (Å²) in [5, 5.41) is 22.9. The number of carboxylic acids is 1. The second kappa shape index (κ2) is 8.00. The predicted octanol–water partition coefficient (Wildman–Crippen LogP) is 0.980. The third kappa shape index (κ3) is 4.70. The fourth-order valence-electron chi connectivity index (χ4n) is 3.41. The van der Waals surface area contributed by atoms with Crippen LogP contribution in [0.5, 0.6) is 0 Å². The first-order chi connectivity index (χ1) is 14.3. The number of ether oxygens (including phenoxy) is 2. The minimum Gasteiger partial charge on any atom is -0.480 e. The molecule has 32 heavy (non-hydrogen) atoms. The lowest BCUT2D eigenvalue weighted by atomic mass is 9.79. The van der Waals surface area contributed by atoms with Crippen molar-refractivity contribution in [1.29, 1.82) is 0 Å². The number of H-pyrrole nitrogens is 1. The highest BCUT2D eigenvalue weighted by atomic mass is 19.1. The van der Waals surface area contributed by atoms with E-state index in [0.29, 0.717) is 0 Å². The van der Waals surface area contributed by atoms with Crippen LogP contribution in [0.1, 0.15) is 59.8 Å². The summed E-state index contributed by atoms with van der Waals surface area (Å²) in [5.41, 5.74) is -9.26. The Balaban J connectivity index is 2.41. The van der Waals surface area contributed by atoms with Gasteiger partial charge in [0.15, 0.2) is 11.9 Å². The van der Waals surface area contributed by atoms with Crippen molar-refractivity contribution < 1.29 is 33.7 Å². The highest BCUT2D eigenvalue weighted by molar-refractivity contribution is 5.84. The van der Waals surface area contributed by atoms with Crippen molar-refractivity contribution >= 4 is 12.1 Å². The lowest BCUT2D eigenvalue weighted by Crippen LogP contribution is -2.59. The van der Waals surface area contributed by atoms with Crippen LogP contribution in [0.25, 0.3) is 0 Å². The molecule has 0 spiro atoms. The smallest absolute Gasteiger partial charge is 0.408 e. The average molecular weight is 459 g/mol. The van der Waals surface area contributed by atoms with Gasteiger partial charge in [-0.15, -0.1) is 0 Å². The van der Waals surface area contributed by atoms with E-state index in [9.17, 15) is 29.4 Å². The molecule has 1 aromatic rings. The van der Waals surface area contributed by atoms with Gasteiger partial charge < -0.3 is 25.0 Å². The lowest BCUT2D eigenvalue weighted by molar-refractivity contribution is -0.148. The van der Waals surface area contributed by atoms with Crippen LogP contribution in [0.4, 0.5) is 9.18 Å². The molecule has 11 nitrogen and oxygen atoms in total. The summed E-state index contributed by atoms with van der Waals surface area (Å²) in [4.78, 5) is 50.1. The van der Waals surface area contributed by atoms with Crippen molar-refractivity contribution in [3.05, 3.63) is 32.6 Å². The number of amides is 1. The largest absolute Gasteiger partial charge is 0.480 e. The number of carboxylic acid groups (broad SMARTS) is 1. The van der Waals surface area contributed by atoms with Crippen LogP contribution in [-0.4, -0.2) is 60.3 Å². The number of aliphatic carboxylic acids is 1. The van der Waals surface area contributed by atoms with Gasteiger partial charge in [0.05, 0.1) is 6.10 Å². The van der Waals surface area contributed by atoms with Crippen LogP contribution in [0.3, 0.4) is 0 Å². The molecule has 180 valence electrons. The zero-order chi connectivity index (χ0) is 24.9. The second-order valence-electron chi connectivity index (χ2n) is 9.65. The molecule has 0 saturated carbocycles. The van der Waals surface area contributed by atoms with Gasteiger partial charge in [-0.2, -0.15) is 0 Å². The molecule has 1 saturated heterocycles. The van der Waals surface area contributed by atoms with Gasteiger partial charge in [-0.25, -0.2) is 18.8 Å². The van der Waals surface area contributed by atoms with E-state index in [1.54, 1.807) is 20.8 Å². The van der Waals surface area contributed by atoms with Crippen molar-refractivity contribution in [2.24, 2.45) is 0 Å². The Kier molecular flexibility index (Phi) is 6.38. The lowest BCUT2D eigenvalue weighted by Gasteiger charge is -2.36. The summed E-state index contributed by atoms with van der Waals surface area (Å²) in [7, 11) is 0. The van der Waals surface area contributed by atoms with E-state index in [4.69, 9.17) is 9.47 Å². The molecule has 0 aliphatic carbocycles. The minimum atomic E-state index is -2.57. The van der Waals surface area contributed by atoms with Gasteiger partial charge >= 0.3 is 17.8 Å². The summed E-state index contributed by atoms with van der Waals surface area (Å²) in [5.74, 6) is -1.47. The van der Waals surface area contributed by atoms with E-state index in [2.05, 4.69) is 5.32 Å². The summed E-state index contributed by atoms with van der Waals surface area (Å²) in [6, 6.07) is 0. The standard InChI is InChI=1S/C20H30FN3O8/c1-10-9-24(15(28)22-12(10)25)13-19(6,21)20(7,30)11(31-13)8-18(5,14(26)27)23-16(29)32-17(2,3)4/h9,11,13,30H,8H2,1-7H3,(H,23,29)(H,26,27)(H,22,25,28)/t11-,13-,18?,19+,20-/m1/s1. The van der Waals surface area contributed by atoms with Crippen molar-refractivity contribution in [1.82, 2.24) is 14.9 Å². The molecule has 0 radical (unpaired) electrons. The van der Waals surface area contributed by atoms with Crippen molar-refractivity contribution in [3.8, 4) is 0 Å². The fraction of sp³-hybridized carbons (Fsp3) is 0.700. The number of carbonyl (C=O) groups is 2. The summed E-state index contributed by atoms with van der Waals surface area (Å²) in [6.07, 6.45) is -3.62. The molecule has 1 amide bonds. The molecule has 1 aliphatic rings. The number of nitrogens with one attached hydrogen (secondary N) is 2. The van der Waals surface area contributed by atoms with E-state index in [0.717, 1.165) is 31.5 Å². The van der Waals surface area contributed by atoms with Crippen LogP contribution in [-0.2, 0) is 14.3 Å². The highest BCUT2D eigenvalue weighted by Gasteiger charge is 2.64. The first-order valence-electron chi connectivity index (χ1n) is 9.95. The molecular formula is C20H30FN3O8. The van der Waals surface area contributed by atoms with Gasteiger partial charge in [-0.05, 0) is 48.5 Å². The molecule has 1 aliphatic heterocycles. The van der Waals surface area contributed by atoms with E-state index in [1.807, 2.05) is 4.98 Å². The number of aromatic amines is 1. The fourth-order valence-corrected chi connectivity index (χ4v) is 3.41. The van der Waals surface area contributed by atoms with Crippen LogP contribution >= 0.6 is 0 Å². The number of aryl methyl sites for hydroxylation is 1. The number of carbonyl (C=O) groups excluding carboxylic acids is 1. The molecule has 12 heteroatoms. The highest BCUT2D eigenvalue weighted by Crippen LogP contribution is 2.49. The topological polar surface area (TPSA) is 160 Å². The second-order valence-corrected chi connectivity index (χ2v) is 9.65. The van der Waals surface area contributed by atoms with Gasteiger partial charge in [0, 0.05) is 18.2 Å². The monoisotopic (exact) mass is 459 g/mol. The summed E-state index contributed by atoms with van der Waals surface area (Å²) in [6.45, 7) is 9.47. The number of alkyl carbamates (subject to hydrolysis) is 1. The summed E-state index contributed by atoms with van der Waals surface area (Å²) < 4.78 is 27.3. The van der Waals surface area contributed by atoms with Crippen molar-refractivity contribution in [2.45, 2.75) is 89.6 Å². The molecular weight excluding hydrogens is 429 g/mol. The van der Waals surface area contributed by atoms with Gasteiger partial charge in [0.2, 0.25) is 0 Å². The van der Waals surface area contributed by atoms with Crippen LogP contribution in [0.15, 0.2) is 15.8 Å². The Morgan fingerprint density at radius 2 is 1.88 bits per heavy atom. The normalized spacial score (nSPS) is 29.9. The van der Waals surface area contributed by atoms with E-state index < -0.39 is 64.5 Å². The zero-order valence-electron chi connectivity index (χ0n) is 19.1. The van der Waals surface area contributed by atoms with E-state index in [-0.39, 0.29) is 5.56 Å². The maximum absolute atomic E-state index is 15.8. The molecule has 2 heterocycles. The van der Waals surface area contributed by atoms with Crippen molar-refractivity contribution in [2.75, 3.05) is 0 Å². The number of hydrogen-bond donors (Lipinski definition) is 4. The average Bonchev–Trinajstić information content (AvgIpc) is 2.75.